The molecule has 4 heteroatoms. The number of anilines is 2. The van der Waals surface area contributed by atoms with E-state index in [-0.39, 0.29) is 11.8 Å². The molecule has 0 spiro atoms. The molecule has 2 aromatic carbocycles. The van der Waals surface area contributed by atoms with E-state index in [9.17, 15) is 4.79 Å². The van der Waals surface area contributed by atoms with E-state index in [1.54, 1.807) is 6.20 Å². The monoisotopic (exact) mass is 345 g/mol. The summed E-state index contributed by atoms with van der Waals surface area (Å²) in [6, 6.07) is 24.0. The number of nitrogens with zero attached hydrogens (tertiary/aromatic N) is 2. The summed E-state index contributed by atoms with van der Waals surface area (Å²) < 4.78 is 0. The molecule has 0 saturated carbocycles. The summed E-state index contributed by atoms with van der Waals surface area (Å²) in [7, 11) is 3.82. The molecule has 0 saturated heterocycles. The smallest absolute Gasteiger partial charge is 0.225 e. The Morgan fingerprint density at radius 1 is 0.923 bits per heavy atom. The normalized spacial score (nSPS) is 10.6. The van der Waals surface area contributed by atoms with Crippen molar-refractivity contribution in [3.05, 3.63) is 90.1 Å². The molecule has 4 nitrogen and oxygen atoms in total. The Bertz CT molecular complexity index is 808. The van der Waals surface area contributed by atoms with E-state index >= 15 is 0 Å². The Morgan fingerprint density at radius 3 is 2.04 bits per heavy atom. The lowest BCUT2D eigenvalue weighted by molar-refractivity contribution is -0.116. The van der Waals surface area contributed by atoms with Gasteiger partial charge in [-0.05, 0) is 23.3 Å². The van der Waals surface area contributed by atoms with Crippen LogP contribution in [-0.4, -0.2) is 25.0 Å². The van der Waals surface area contributed by atoms with Gasteiger partial charge in [-0.25, -0.2) is 4.98 Å². The number of nitrogens with one attached hydrogen (secondary N) is 1. The van der Waals surface area contributed by atoms with Crippen LogP contribution in [0.1, 0.15) is 23.5 Å². The highest BCUT2D eigenvalue weighted by Gasteiger charge is 2.19. The molecule has 0 bridgehead atoms. The van der Waals surface area contributed by atoms with Crippen LogP contribution in [0.2, 0.25) is 0 Å². The maximum absolute atomic E-state index is 12.8. The molecule has 0 unspecified atom stereocenters. The molecule has 3 rings (SSSR count). The Balaban J connectivity index is 1.83. The van der Waals surface area contributed by atoms with Crippen molar-refractivity contribution in [2.24, 2.45) is 0 Å². The summed E-state index contributed by atoms with van der Waals surface area (Å²) in [4.78, 5) is 19.0. The molecule has 1 aromatic heterocycles. The molecular formula is C22H23N3O. The minimum Gasteiger partial charge on any atom is -0.361 e. The van der Waals surface area contributed by atoms with Gasteiger partial charge in [0.25, 0.3) is 0 Å². The third-order valence-electron chi connectivity index (χ3n) is 4.28. The van der Waals surface area contributed by atoms with Crippen LogP contribution in [0.15, 0.2) is 79.0 Å². The van der Waals surface area contributed by atoms with Crippen LogP contribution in [0, 0.1) is 0 Å². The number of aromatic nitrogens is 1. The Labute approximate surface area is 154 Å². The van der Waals surface area contributed by atoms with Gasteiger partial charge in [0.15, 0.2) is 5.82 Å². The van der Waals surface area contributed by atoms with Crippen molar-refractivity contribution in [3.63, 3.8) is 0 Å². The summed E-state index contributed by atoms with van der Waals surface area (Å²) in [5.74, 6) is 0.729. The summed E-state index contributed by atoms with van der Waals surface area (Å²) in [5, 5.41) is 3.02. The van der Waals surface area contributed by atoms with Crippen molar-refractivity contribution in [3.8, 4) is 0 Å². The van der Waals surface area contributed by atoms with Crippen molar-refractivity contribution >= 4 is 17.4 Å². The largest absolute Gasteiger partial charge is 0.361 e. The number of hydrogen-bond acceptors (Lipinski definition) is 3. The van der Waals surface area contributed by atoms with E-state index in [0.29, 0.717) is 6.42 Å². The second-order valence-corrected chi connectivity index (χ2v) is 6.40. The maximum atomic E-state index is 12.8. The van der Waals surface area contributed by atoms with Crippen LogP contribution in [-0.2, 0) is 4.79 Å². The molecule has 1 N–H and O–H groups in total. The van der Waals surface area contributed by atoms with Gasteiger partial charge in [-0.1, -0.05) is 60.7 Å². The fourth-order valence-electron chi connectivity index (χ4n) is 3.04. The van der Waals surface area contributed by atoms with Gasteiger partial charge >= 0.3 is 0 Å². The first-order valence-electron chi connectivity index (χ1n) is 8.67. The van der Waals surface area contributed by atoms with Gasteiger partial charge in [0.1, 0.15) is 0 Å². The molecule has 3 aromatic rings. The molecule has 26 heavy (non-hydrogen) atoms. The highest BCUT2D eigenvalue weighted by molar-refractivity contribution is 5.94. The van der Waals surface area contributed by atoms with E-state index in [2.05, 4.69) is 34.6 Å². The van der Waals surface area contributed by atoms with E-state index in [1.807, 2.05) is 67.5 Å². The van der Waals surface area contributed by atoms with Gasteiger partial charge in [-0.2, -0.15) is 0 Å². The minimum atomic E-state index is -0.0289. The summed E-state index contributed by atoms with van der Waals surface area (Å²) in [5.41, 5.74) is 2.99. The SMILES string of the molecule is CN(C)c1ncccc1NC(=O)CC(c1ccccc1)c1ccccc1. The number of benzene rings is 2. The number of carbonyl (C=O) groups excluding carboxylic acids is 1. The predicted octanol–water partition coefficient (Wildman–Crippen LogP) is 4.31. The summed E-state index contributed by atoms with van der Waals surface area (Å²) >= 11 is 0. The van der Waals surface area contributed by atoms with Crippen molar-refractivity contribution in [1.29, 1.82) is 0 Å². The van der Waals surface area contributed by atoms with Gasteiger partial charge in [-0.15, -0.1) is 0 Å². The zero-order valence-corrected chi connectivity index (χ0v) is 15.1. The average Bonchev–Trinajstić information content (AvgIpc) is 2.68. The third-order valence-corrected chi connectivity index (χ3v) is 4.28. The maximum Gasteiger partial charge on any atom is 0.225 e. The zero-order valence-electron chi connectivity index (χ0n) is 15.1. The predicted molar refractivity (Wildman–Crippen MR) is 107 cm³/mol. The minimum absolute atomic E-state index is 0.0110. The highest BCUT2D eigenvalue weighted by atomic mass is 16.1. The fourth-order valence-corrected chi connectivity index (χ4v) is 3.04. The third kappa shape index (κ3) is 4.28. The molecule has 0 fully saturated rings. The molecule has 0 aliphatic heterocycles. The lowest BCUT2D eigenvalue weighted by Gasteiger charge is -2.20. The summed E-state index contributed by atoms with van der Waals surface area (Å²) in [6.07, 6.45) is 2.09. The number of hydrogen-bond donors (Lipinski definition) is 1. The van der Waals surface area contributed by atoms with E-state index in [0.717, 1.165) is 22.6 Å². The summed E-state index contributed by atoms with van der Waals surface area (Å²) in [6.45, 7) is 0. The van der Waals surface area contributed by atoms with Crippen LogP contribution in [0.4, 0.5) is 11.5 Å². The second kappa shape index (κ2) is 8.30. The first-order chi connectivity index (χ1) is 12.6. The number of amides is 1. The van der Waals surface area contributed by atoms with Crippen molar-refractivity contribution in [2.45, 2.75) is 12.3 Å². The van der Waals surface area contributed by atoms with Crippen LogP contribution in [0.5, 0.6) is 0 Å². The van der Waals surface area contributed by atoms with E-state index in [4.69, 9.17) is 0 Å². The lowest BCUT2D eigenvalue weighted by Crippen LogP contribution is -2.19. The van der Waals surface area contributed by atoms with Crippen molar-refractivity contribution in [2.75, 3.05) is 24.3 Å². The quantitative estimate of drug-likeness (QED) is 0.724. The standard InChI is InChI=1S/C22H23N3O/c1-25(2)22-20(14-9-15-23-22)24-21(26)16-19(17-10-5-3-6-11-17)18-12-7-4-8-13-18/h3-15,19H,16H2,1-2H3,(H,24,26). The number of rotatable bonds is 6. The molecule has 0 aliphatic rings. The molecule has 132 valence electrons. The van der Waals surface area contributed by atoms with Gasteiger partial charge in [0.05, 0.1) is 5.69 Å². The first-order valence-corrected chi connectivity index (χ1v) is 8.67. The molecule has 1 heterocycles. The molecule has 0 atom stereocenters. The van der Waals surface area contributed by atoms with Crippen molar-refractivity contribution < 1.29 is 4.79 Å². The zero-order chi connectivity index (χ0) is 18.4. The topological polar surface area (TPSA) is 45.2 Å². The van der Waals surface area contributed by atoms with Gasteiger partial charge in [0, 0.05) is 32.6 Å². The van der Waals surface area contributed by atoms with Crippen LogP contribution in [0.25, 0.3) is 0 Å². The van der Waals surface area contributed by atoms with Gasteiger partial charge < -0.3 is 10.2 Å². The molecular weight excluding hydrogens is 322 g/mol. The molecule has 0 aliphatic carbocycles. The first kappa shape index (κ1) is 17.7. The fraction of sp³-hybridized carbons (Fsp3) is 0.182. The highest BCUT2D eigenvalue weighted by Crippen LogP contribution is 2.29. The van der Waals surface area contributed by atoms with E-state index in [1.165, 1.54) is 0 Å². The molecule has 0 radical (unpaired) electrons. The second-order valence-electron chi connectivity index (χ2n) is 6.40. The molecule has 1 amide bonds. The lowest BCUT2D eigenvalue weighted by atomic mass is 9.88. The van der Waals surface area contributed by atoms with Crippen LogP contribution >= 0.6 is 0 Å². The van der Waals surface area contributed by atoms with Crippen LogP contribution in [0.3, 0.4) is 0 Å². The Hall–Kier alpha value is -3.14. The van der Waals surface area contributed by atoms with E-state index < -0.39 is 0 Å². The van der Waals surface area contributed by atoms with Crippen LogP contribution < -0.4 is 10.2 Å². The Morgan fingerprint density at radius 2 is 1.50 bits per heavy atom. The Kier molecular flexibility index (Phi) is 5.64. The number of carbonyl (C=O) groups is 1. The van der Waals surface area contributed by atoms with Gasteiger partial charge in [-0.3, -0.25) is 4.79 Å². The van der Waals surface area contributed by atoms with Gasteiger partial charge in [0.2, 0.25) is 5.91 Å². The van der Waals surface area contributed by atoms with Crippen molar-refractivity contribution in [1.82, 2.24) is 4.98 Å². The average molecular weight is 345 g/mol. The number of pyridine rings is 1.